The van der Waals surface area contributed by atoms with E-state index in [1.165, 1.54) is 22.6 Å². The third-order valence-electron chi connectivity index (χ3n) is 4.65. The lowest BCUT2D eigenvalue weighted by Crippen LogP contribution is -2.27. The summed E-state index contributed by atoms with van der Waals surface area (Å²) in [5, 5.41) is 0. The first kappa shape index (κ1) is 22.1. The molecule has 4 rings (SSSR count). The van der Waals surface area contributed by atoms with E-state index in [0.29, 0.717) is 5.56 Å². The van der Waals surface area contributed by atoms with Crippen molar-refractivity contribution in [3.8, 4) is 11.1 Å². The van der Waals surface area contributed by atoms with Gasteiger partial charge in [-0.25, -0.2) is 0 Å². The van der Waals surface area contributed by atoms with Crippen molar-refractivity contribution in [3.63, 3.8) is 0 Å². The molecule has 0 bridgehead atoms. The maximum atomic E-state index is 12.7. The monoisotopic (exact) mass is 448 g/mol. The van der Waals surface area contributed by atoms with Crippen LogP contribution >= 0.6 is 22.9 Å². The number of hydrogen-bond donors (Lipinski definition) is 0. The van der Waals surface area contributed by atoms with Crippen molar-refractivity contribution in [2.45, 2.75) is 19.1 Å². The van der Waals surface area contributed by atoms with Crippen molar-refractivity contribution >= 4 is 22.9 Å². The lowest BCUT2D eigenvalue weighted by Gasteiger charge is -2.28. The van der Waals surface area contributed by atoms with E-state index in [2.05, 4.69) is 29.1 Å². The van der Waals surface area contributed by atoms with Crippen molar-refractivity contribution in [1.82, 2.24) is 9.88 Å². The second-order valence-corrected chi connectivity index (χ2v) is 8.40. The van der Waals surface area contributed by atoms with E-state index in [9.17, 15) is 13.2 Å². The minimum absolute atomic E-state index is 0.107. The van der Waals surface area contributed by atoms with Gasteiger partial charge in [-0.15, -0.1) is 11.3 Å². The largest absolute Gasteiger partial charge is 0.433 e. The van der Waals surface area contributed by atoms with Crippen molar-refractivity contribution < 1.29 is 13.2 Å². The molecule has 0 fully saturated rings. The number of halogens is 4. The van der Waals surface area contributed by atoms with Crippen LogP contribution in [0.25, 0.3) is 11.1 Å². The number of hydrogen-bond acceptors (Lipinski definition) is 3. The van der Waals surface area contributed by atoms with Crippen LogP contribution in [-0.2, 0) is 19.1 Å². The highest BCUT2D eigenvalue weighted by atomic mass is 35.5. The van der Waals surface area contributed by atoms with E-state index >= 15 is 0 Å². The lowest BCUT2D eigenvalue weighted by molar-refractivity contribution is -0.140. The minimum Gasteiger partial charge on any atom is -0.367 e. The van der Waals surface area contributed by atoms with Crippen LogP contribution < -0.4 is 0 Å². The lowest BCUT2D eigenvalue weighted by atomic mass is 10.0. The maximum absolute atomic E-state index is 12.7. The van der Waals surface area contributed by atoms with Gasteiger partial charge in [0.2, 0.25) is 0 Å². The molecular formula is C23H20ClF3N2S. The molecule has 3 aromatic rings. The van der Waals surface area contributed by atoms with Gasteiger partial charge in [0, 0.05) is 28.9 Å². The Labute approximate surface area is 183 Å². The average molecular weight is 449 g/mol. The van der Waals surface area contributed by atoms with Gasteiger partial charge in [-0.05, 0) is 35.8 Å². The van der Waals surface area contributed by atoms with Gasteiger partial charge >= 0.3 is 6.18 Å². The quantitative estimate of drug-likeness (QED) is 0.393. The summed E-state index contributed by atoms with van der Waals surface area (Å²) >= 11 is 7.64. The molecule has 1 aliphatic rings. The van der Waals surface area contributed by atoms with E-state index < -0.39 is 11.9 Å². The molecule has 1 aliphatic heterocycles. The predicted molar refractivity (Wildman–Crippen MR) is 117 cm³/mol. The van der Waals surface area contributed by atoms with Gasteiger partial charge in [0.15, 0.2) is 5.69 Å². The summed E-state index contributed by atoms with van der Waals surface area (Å²) in [6.45, 7) is 9.64. The van der Waals surface area contributed by atoms with E-state index in [1.54, 1.807) is 47.7 Å². The summed E-state index contributed by atoms with van der Waals surface area (Å²) in [5.41, 5.74) is 2.17. The van der Waals surface area contributed by atoms with Crippen molar-refractivity contribution in [3.05, 3.63) is 100 Å². The van der Waals surface area contributed by atoms with Crippen LogP contribution in [0.15, 0.2) is 79.7 Å². The number of nitrogens with zero attached hydrogens (tertiary/aromatic N) is 2. The molecule has 0 saturated heterocycles. The first-order chi connectivity index (χ1) is 14.3. The summed E-state index contributed by atoms with van der Waals surface area (Å²) in [6.07, 6.45) is -0.409. The Morgan fingerprint density at radius 2 is 1.90 bits per heavy atom. The van der Waals surface area contributed by atoms with Crippen molar-refractivity contribution in [1.29, 1.82) is 0 Å². The van der Waals surface area contributed by atoms with Crippen LogP contribution in [0.3, 0.4) is 0 Å². The molecule has 30 heavy (non-hydrogen) atoms. The molecule has 156 valence electrons. The van der Waals surface area contributed by atoms with Crippen LogP contribution in [0, 0.1) is 0 Å². The molecule has 0 saturated carbocycles. The van der Waals surface area contributed by atoms with Crippen LogP contribution in [0.1, 0.15) is 16.1 Å². The molecule has 0 atom stereocenters. The van der Waals surface area contributed by atoms with E-state index in [1.807, 2.05) is 0 Å². The normalized spacial score (nSPS) is 13.1. The Bertz CT molecular complexity index is 1030. The summed E-state index contributed by atoms with van der Waals surface area (Å²) in [5.74, 6) is 0. The molecule has 2 nitrogen and oxygen atoms in total. The molecule has 3 heterocycles. The SMILES string of the molecule is C=CC(=C)N1CCc2cc(Cl)sc2C1.FC(F)(F)c1ncccc1-c1ccccc1. The molecule has 7 heteroatoms. The standard InChI is InChI=1S/C12H8F3N.C11H12ClNS/c13-12(14,15)11-10(7-4-8-16-11)9-5-2-1-3-6-9;1-3-8(2)13-5-4-9-6-11(12)14-10(9)7-13/h1-8H;3,6H,1-2,4-5,7H2. The molecule has 0 amide bonds. The Balaban J connectivity index is 0.000000172. The summed E-state index contributed by atoms with van der Waals surface area (Å²) in [6, 6.07) is 13.4. The molecular weight excluding hydrogens is 429 g/mol. The van der Waals surface area contributed by atoms with E-state index in [-0.39, 0.29) is 5.56 Å². The van der Waals surface area contributed by atoms with Gasteiger partial charge in [0.05, 0.1) is 10.9 Å². The highest BCUT2D eigenvalue weighted by Gasteiger charge is 2.35. The average Bonchev–Trinajstić information content (AvgIpc) is 3.13. The van der Waals surface area contributed by atoms with Gasteiger partial charge in [-0.2, -0.15) is 13.2 Å². The Hall–Kier alpha value is -2.57. The minimum atomic E-state index is -4.42. The topological polar surface area (TPSA) is 16.1 Å². The zero-order chi connectivity index (χ0) is 21.7. The Kier molecular flexibility index (Phi) is 7.00. The Morgan fingerprint density at radius 1 is 1.17 bits per heavy atom. The third-order valence-corrected chi connectivity index (χ3v) is 5.95. The molecule has 0 radical (unpaired) electrons. The highest BCUT2D eigenvalue weighted by Crippen LogP contribution is 2.35. The number of aromatic nitrogens is 1. The predicted octanol–water partition coefficient (Wildman–Crippen LogP) is 7.23. The maximum Gasteiger partial charge on any atom is 0.433 e. The molecule has 0 aliphatic carbocycles. The first-order valence-electron chi connectivity index (χ1n) is 9.20. The van der Waals surface area contributed by atoms with Crippen molar-refractivity contribution in [2.24, 2.45) is 0 Å². The van der Waals surface area contributed by atoms with Crippen LogP contribution in [0.5, 0.6) is 0 Å². The van der Waals surface area contributed by atoms with Gasteiger partial charge in [-0.3, -0.25) is 4.98 Å². The summed E-state index contributed by atoms with van der Waals surface area (Å²) in [4.78, 5) is 7.00. The first-order valence-corrected chi connectivity index (χ1v) is 10.4. The van der Waals surface area contributed by atoms with Gasteiger partial charge in [0.1, 0.15) is 0 Å². The smallest absolute Gasteiger partial charge is 0.367 e. The zero-order valence-corrected chi connectivity index (χ0v) is 17.7. The molecule has 0 unspecified atom stereocenters. The van der Waals surface area contributed by atoms with Crippen LogP contribution in [0.4, 0.5) is 13.2 Å². The second-order valence-electron chi connectivity index (χ2n) is 6.63. The number of thiophene rings is 1. The number of alkyl halides is 3. The number of allylic oxidation sites excluding steroid dienone is 1. The molecule has 1 aromatic carbocycles. The zero-order valence-electron chi connectivity index (χ0n) is 16.1. The van der Waals surface area contributed by atoms with E-state index in [4.69, 9.17) is 11.6 Å². The number of rotatable bonds is 3. The fourth-order valence-electron chi connectivity index (χ4n) is 3.14. The Morgan fingerprint density at radius 3 is 2.57 bits per heavy atom. The second kappa shape index (κ2) is 9.49. The molecule has 2 aromatic heterocycles. The van der Waals surface area contributed by atoms with Crippen LogP contribution in [-0.4, -0.2) is 16.4 Å². The molecule has 0 N–H and O–H groups in total. The summed E-state index contributed by atoms with van der Waals surface area (Å²) < 4.78 is 38.9. The number of pyridine rings is 1. The molecule has 0 spiro atoms. The van der Waals surface area contributed by atoms with Crippen molar-refractivity contribution in [2.75, 3.05) is 6.54 Å². The van der Waals surface area contributed by atoms with Gasteiger partial charge < -0.3 is 4.90 Å². The van der Waals surface area contributed by atoms with Crippen LogP contribution in [0.2, 0.25) is 4.34 Å². The van der Waals surface area contributed by atoms with Gasteiger partial charge in [-0.1, -0.05) is 61.2 Å². The van der Waals surface area contributed by atoms with Gasteiger partial charge in [0.25, 0.3) is 0 Å². The highest BCUT2D eigenvalue weighted by molar-refractivity contribution is 7.16. The van der Waals surface area contributed by atoms with E-state index in [0.717, 1.165) is 35.7 Å². The third kappa shape index (κ3) is 5.32. The number of benzene rings is 1. The number of fused-ring (bicyclic) bond motifs is 1. The fourth-order valence-corrected chi connectivity index (χ4v) is 4.50. The fraction of sp³-hybridized carbons (Fsp3) is 0.174. The summed E-state index contributed by atoms with van der Waals surface area (Å²) in [7, 11) is 0.